The van der Waals surface area contributed by atoms with Crippen molar-refractivity contribution < 1.29 is 13.2 Å². The summed E-state index contributed by atoms with van der Waals surface area (Å²) in [5.41, 5.74) is 3.96. The van der Waals surface area contributed by atoms with E-state index < -0.39 is 10.0 Å². The summed E-state index contributed by atoms with van der Waals surface area (Å²) in [5, 5.41) is 7.97. The van der Waals surface area contributed by atoms with Crippen molar-refractivity contribution in [2.24, 2.45) is 0 Å². The molecule has 0 saturated carbocycles. The van der Waals surface area contributed by atoms with E-state index in [-0.39, 0.29) is 16.8 Å². The first kappa shape index (κ1) is 25.4. The number of sulfonamides is 1. The molecule has 9 nitrogen and oxygen atoms in total. The molecule has 2 aromatic heterocycles. The topological polar surface area (TPSA) is 99.9 Å². The minimum absolute atomic E-state index is 0.0697. The van der Waals surface area contributed by atoms with E-state index in [0.29, 0.717) is 36.7 Å². The molecule has 1 atom stereocenters. The van der Waals surface area contributed by atoms with Crippen LogP contribution >= 0.6 is 15.9 Å². The number of nitrogens with zero attached hydrogens (tertiary/aromatic N) is 5. The Bertz CT molecular complexity index is 1570. The maximum absolute atomic E-state index is 13.2. The summed E-state index contributed by atoms with van der Waals surface area (Å²) in [6.45, 7) is 4.07. The summed E-state index contributed by atoms with van der Waals surface area (Å²) in [6.07, 6.45) is 0.621. The van der Waals surface area contributed by atoms with Crippen molar-refractivity contribution >= 4 is 49.0 Å². The van der Waals surface area contributed by atoms with Gasteiger partial charge < -0.3 is 10.2 Å². The van der Waals surface area contributed by atoms with Gasteiger partial charge in [0.25, 0.3) is 0 Å². The first-order valence-electron chi connectivity index (χ1n) is 11.9. The highest BCUT2D eigenvalue weighted by molar-refractivity contribution is 9.10. The van der Waals surface area contributed by atoms with Crippen molar-refractivity contribution in [2.45, 2.75) is 31.2 Å². The molecular weight excluding hydrogens is 556 g/mol. The van der Waals surface area contributed by atoms with Crippen molar-refractivity contribution in [2.75, 3.05) is 25.5 Å². The van der Waals surface area contributed by atoms with Gasteiger partial charge in [0.05, 0.1) is 20.8 Å². The number of carbonyl (C=O) groups is 1. The van der Waals surface area contributed by atoms with Gasteiger partial charge in [-0.1, -0.05) is 30.3 Å². The molecule has 192 valence electrons. The van der Waals surface area contributed by atoms with Gasteiger partial charge in [0, 0.05) is 50.4 Å². The first-order valence-corrected chi connectivity index (χ1v) is 14.1. The Balaban J connectivity index is 1.42. The van der Waals surface area contributed by atoms with E-state index in [2.05, 4.69) is 26.3 Å². The molecule has 0 spiro atoms. The van der Waals surface area contributed by atoms with Gasteiger partial charge in [-0.2, -0.15) is 13.9 Å². The SMILES string of the molecule is CC(=O)N(C)C1CCN(S(=O)(=O)c2ccc(Nc3cc(-c4ccccc4)nc4c(Br)c(C)nn34)cc2)C1. The van der Waals surface area contributed by atoms with E-state index in [1.54, 1.807) is 40.7 Å². The third kappa shape index (κ3) is 4.86. The Hall–Kier alpha value is -3.28. The van der Waals surface area contributed by atoms with E-state index in [4.69, 9.17) is 4.98 Å². The van der Waals surface area contributed by atoms with Crippen LogP contribution in [0.25, 0.3) is 16.9 Å². The molecule has 1 unspecified atom stereocenters. The molecular formula is C26H27BrN6O3S. The molecule has 2 aromatic carbocycles. The number of hydrogen-bond donors (Lipinski definition) is 1. The second kappa shape index (κ2) is 9.88. The van der Waals surface area contributed by atoms with E-state index in [9.17, 15) is 13.2 Å². The Morgan fingerprint density at radius 3 is 2.51 bits per heavy atom. The number of hydrogen-bond acceptors (Lipinski definition) is 6. The van der Waals surface area contributed by atoms with Crippen molar-refractivity contribution in [3.05, 3.63) is 70.8 Å². The Morgan fingerprint density at radius 2 is 1.84 bits per heavy atom. The van der Waals surface area contributed by atoms with Crippen LogP contribution in [0.4, 0.5) is 11.5 Å². The van der Waals surface area contributed by atoms with Crippen LogP contribution in [-0.4, -0.2) is 64.3 Å². The Kier molecular flexibility index (Phi) is 6.78. The van der Waals surface area contributed by atoms with Crippen molar-refractivity contribution in [1.29, 1.82) is 0 Å². The van der Waals surface area contributed by atoms with Gasteiger partial charge in [0.2, 0.25) is 15.9 Å². The fourth-order valence-electron chi connectivity index (χ4n) is 4.45. The summed E-state index contributed by atoms with van der Waals surface area (Å²) in [4.78, 5) is 18.3. The number of amides is 1. The predicted molar refractivity (Wildman–Crippen MR) is 146 cm³/mol. The third-order valence-electron chi connectivity index (χ3n) is 6.70. The summed E-state index contributed by atoms with van der Waals surface area (Å²) < 4.78 is 30.5. The van der Waals surface area contributed by atoms with Crippen LogP contribution in [0.5, 0.6) is 0 Å². The molecule has 1 N–H and O–H groups in total. The highest BCUT2D eigenvalue weighted by Gasteiger charge is 2.35. The molecule has 37 heavy (non-hydrogen) atoms. The molecule has 0 bridgehead atoms. The number of rotatable bonds is 6. The van der Waals surface area contributed by atoms with Gasteiger partial charge in [0.15, 0.2) is 5.65 Å². The number of aromatic nitrogens is 3. The number of fused-ring (bicyclic) bond motifs is 1. The van der Waals surface area contributed by atoms with Crippen LogP contribution < -0.4 is 5.32 Å². The van der Waals surface area contributed by atoms with E-state index >= 15 is 0 Å². The molecule has 0 aliphatic carbocycles. The molecule has 11 heteroatoms. The maximum atomic E-state index is 13.2. The number of carbonyl (C=O) groups excluding carboxylic acids is 1. The van der Waals surface area contributed by atoms with Crippen molar-refractivity contribution in [3.63, 3.8) is 0 Å². The lowest BCUT2D eigenvalue weighted by atomic mass is 10.1. The summed E-state index contributed by atoms with van der Waals surface area (Å²) in [7, 11) is -1.96. The molecule has 5 rings (SSSR count). The number of nitrogens with one attached hydrogen (secondary N) is 1. The number of anilines is 2. The second-order valence-corrected chi connectivity index (χ2v) is 11.8. The molecule has 4 aromatic rings. The smallest absolute Gasteiger partial charge is 0.243 e. The standard InChI is InChI=1S/C26H27BrN6O3S/c1-17-25(27)26-29-23(19-7-5-4-6-8-19)15-24(33(26)30-17)28-20-9-11-22(12-10-20)37(35,36)32-14-13-21(16-32)31(3)18(2)34/h4-12,15,21,28H,13-14,16H2,1-3H3. The van der Waals surface area contributed by atoms with Crippen LogP contribution in [0.1, 0.15) is 19.0 Å². The molecule has 1 amide bonds. The normalized spacial score (nSPS) is 16.3. The van der Waals surface area contributed by atoms with Crippen LogP contribution in [0.15, 0.2) is 70.0 Å². The molecule has 1 aliphatic heterocycles. The molecule has 0 radical (unpaired) electrons. The van der Waals surface area contributed by atoms with Gasteiger partial charge in [-0.05, 0) is 53.5 Å². The lowest BCUT2D eigenvalue weighted by molar-refractivity contribution is -0.129. The lowest BCUT2D eigenvalue weighted by Gasteiger charge is -2.23. The van der Waals surface area contributed by atoms with Gasteiger partial charge in [-0.25, -0.2) is 13.4 Å². The molecule has 1 aliphatic rings. The summed E-state index contributed by atoms with van der Waals surface area (Å²) >= 11 is 3.59. The van der Waals surface area contributed by atoms with E-state index in [0.717, 1.165) is 21.4 Å². The number of likely N-dealkylation sites (N-methyl/N-ethyl adjacent to an activating group) is 1. The van der Waals surface area contributed by atoms with E-state index in [1.807, 2.05) is 43.3 Å². The Morgan fingerprint density at radius 1 is 1.14 bits per heavy atom. The van der Waals surface area contributed by atoms with Crippen molar-refractivity contribution in [3.8, 4) is 11.3 Å². The zero-order valence-corrected chi connectivity index (χ0v) is 23.1. The van der Waals surface area contributed by atoms with Gasteiger partial charge in [-0.15, -0.1) is 0 Å². The average Bonchev–Trinajstić information content (AvgIpc) is 3.50. The maximum Gasteiger partial charge on any atom is 0.243 e. The summed E-state index contributed by atoms with van der Waals surface area (Å²) in [6, 6.07) is 18.4. The molecule has 3 heterocycles. The predicted octanol–water partition coefficient (Wildman–Crippen LogP) is 4.45. The van der Waals surface area contributed by atoms with Crippen molar-refractivity contribution in [1.82, 2.24) is 23.8 Å². The van der Waals surface area contributed by atoms with Gasteiger partial charge in [-0.3, -0.25) is 4.79 Å². The first-order chi connectivity index (χ1) is 17.6. The van der Waals surface area contributed by atoms with Crippen LogP contribution in [0.3, 0.4) is 0 Å². The van der Waals surface area contributed by atoms with Crippen LogP contribution in [-0.2, 0) is 14.8 Å². The zero-order valence-electron chi connectivity index (χ0n) is 20.7. The van der Waals surface area contributed by atoms with Crippen LogP contribution in [0.2, 0.25) is 0 Å². The quantitative estimate of drug-likeness (QED) is 0.360. The molecule has 1 fully saturated rings. The lowest BCUT2D eigenvalue weighted by Crippen LogP contribution is -2.38. The second-order valence-electron chi connectivity index (χ2n) is 9.11. The monoisotopic (exact) mass is 582 g/mol. The Labute approximate surface area is 224 Å². The number of aryl methyl sites for hydroxylation is 1. The average molecular weight is 584 g/mol. The zero-order chi connectivity index (χ0) is 26.3. The highest BCUT2D eigenvalue weighted by Crippen LogP contribution is 2.30. The fourth-order valence-corrected chi connectivity index (χ4v) is 6.28. The highest BCUT2D eigenvalue weighted by atomic mass is 79.9. The fraction of sp³-hybridized carbons (Fsp3) is 0.269. The number of benzene rings is 2. The van der Waals surface area contributed by atoms with Gasteiger partial charge in [0.1, 0.15) is 5.82 Å². The number of halogens is 1. The third-order valence-corrected chi connectivity index (χ3v) is 9.50. The van der Waals surface area contributed by atoms with Gasteiger partial charge >= 0.3 is 0 Å². The molecule has 1 saturated heterocycles. The minimum atomic E-state index is -3.67. The van der Waals surface area contributed by atoms with E-state index in [1.165, 1.54) is 11.2 Å². The summed E-state index contributed by atoms with van der Waals surface area (Å²) in [5.74, 6) is 0.627. The van der Waals surface area contributed by atoms with Crippen LogP contribution in [0, 0.1) is 6.92 Å². The minimum Gasteiger partial charge on any atom is -0.342 e. The largest absolute Gasteiger partial charge is 0.342 e.